The molecule has 0 bridgehead atoms. The second kappa shape index (κ2) is 7.74. The Hall–Kier alpha value is -2.48. The van der Waals surface area contributed by atoms with Gasteiger partial charge in [-0.2, -0.15) is 9.98 Å². The number of sulfonamides is 1. The van der Waals surface area contributed by atoms with E-state index in [-0.39, 0.29) is 22.7 Å². The van der Waals surface area contributed by atoms with Crippen molar-refractivity contribution >= 4 is 20.9 Å². The predicted octanol–water partition coefficient (Wildman–Crippen LogP) is 0.800. The van der Waals surface area contributed by atoms with Gasteiger partial charge in [0.15, 0.2) is 0 Å². The van der Waals surface area contributed by atoms with E-state index in [1.807, 2.05) is 0 Å². The number of nitriles is 1. The minimum absolute atomic E-state index is 0.113. The molecule has 1 aliphatic rings. The van der Waals surface area contributed by atoms with E-state index < -0.39 is 26.8 Å². The number of hydrogen-bond donors (Lipinski definition) is 1. The van der Waals surface area contributed by atoms with Gasteiger partial charge in [-0.3, -0.25) is 13.9 Å². The first kappa shape index (κ1) is 21.2. The molecule has 1 heterocycles. The van der Waals surface area contributed by atoms with Crippen LogP contribution in [-0.4, -0.2) is 36.8 Å². The van der Waals surface area contributed by atoms with Crippen molar-refractivity contribution in [2.75, 3.05) is 13.7 Å². The second-order valence-corrected chi connectivity index (χ2v) is 8.81. The Morgan fingerprint density at radius 2 is 1.97 bits per heavy atom. The molecule has 0 aliphatic heterocycles. The van der Waals surface area contributed by atoms with Crippen molar-refractivity contribution in [3.05, 3.63) is 39.0 Å². The van der Waals surface area contributed by atoms with E-state index >= 15 is 0 Å². The van der Waals surface area contributed by atoms with E-state index in [0.29, 0.717) is 31.5 Å². The summed E-state index contributed by atoms with van der Waals surface area (Å²) >= 11 is 0. The van der Waals surface area contributed by atoms with Gasteiger partial charge in [-0.15, -0.1) is 0 Å². The number of aromatic nitrogens is 2. The predicted molar refractivity (Wildman–Crippen MR) is 107 cm³/mol. The molecule has 2 aromatic rings. The smallest absolute Gasteiger partial charge is 0.331 e. The molecule has 2 atom stereocenters. The van der Waals surface area contributed by atoms with Crippen molar-refractivity contribution in [3.63, 3.8) is 0 Å². The average Bonchev–Trinajstić information content (AvgIpc) is 3.39. The van der Waals surface area contributed by atoms with Crippen LogP contribution in [0.2, 0.25) is 0 Å². The van der Waals surface area contributed by atoms with Crippen molar-refractivity contribution in [1.82, 2.24) is 13.9 Å². The van der Waals surface area contributed by atoms with Crippen LogP contribution in [0.15, 0.2) is 32.7 Å². The summed E-state index contributed by atoms with van der Waals surface area (Å²) in [6, 6.07) is 6.16. The van der Waals surface area contributed by atoms with Gasteiger partial charge in [0.05, 0.1) is 21.9 Å². The van der Waals surface area contributed by atoms with Gasteiger partial charge in [0.1, 0.15) is 5.54 Å². The van der Waals surface area contributed by atoms with Gasteiger partial charge >= 0.3 is 5.69 Å². The molecule has 0 amide bonds. The molecule has 1 fully saturated rings. The van der Waals surface area contributed by atoms with Crippen molar-refractivity contribution in [2.45, 2.75) is 50.2 Å². The number of benzene rings is 1. The Morgan fingerprint density at radius 1 is 1.28 bits per heavy atom. The number of ether oxygens (including phenoxy) is 1. The van der Waals surface area contributed by atoms with Gasteiger partial charge in [0.25, 0.3) is 5.56 Å². The lowest BCUT2D eigenvalue weighted by Gasteiger charge is -2.15. The molecule has 1 aliphatic carbocycles. The molecule has 1 saturated carbocycles. The van der Waals surface area contributed by atoms with Crippen molar-refractivity contribution < 1.29 is 13.2 Å². The van der Waals surface area contributed by atoms with Crippen LogP contribution in [0.1, 0.15) is 26.7 Å². The molecular weight excluding hydrogens is 396 g/mol. The quantitative estimate of drug-likeness (QED) is 0.674. The zero-order chi connectivity index (χ0) is 21.4. The third-order valence-corrected chi connectivity index (χ3v) is 6.94. The van der Waals surface area contributed by atoms with E-state index in [9.17, 15) is 23.3 Å². The second-order valence-electron chi connectivity index (χ2n) is 7.13. The summed E-state index contributed by atoms with van der Waals surface area (Å²) in [7, 11) is -2.48. The molecule has 156 valence electrons. The van der Waals surface area contributed by atoms with Crippen LogP contribution in [0, 0.1) is 17.2 Å². The maximum atomic E-state index is 12.9. The van der Waals surface area contributed by atoms with Gasteiger partial charge in [0, 0.05) is 26.8 Å². The van der Waals surface area contributed by atoms with Crippen LogP contribution in [0.4, 0.5) is 0 Å². The van der Waals surface area contributed by atoms with Crippen molar-refractivity contribution in [3.8, 4) is 6.07 Å². The van der Waals surface area contributed by atoms with Gasteiger partial charge in [-0.1, -0.05) is 0 Å². The maximum absolute atomic E-state index is 12.9. The van der Waals surface area contributed by atoms with E-state index in [0.717, 1.165) is 4.57 Å². The summed E-state index contributed by atoms with van der Waals surface area (Å²) < 4.78 is 35.9. The first-order valence-corrected chi connectivity index (χ1v) is 10.9. The molecule has 0 saturated heterocycles. The fourth-order valence-corrected chi connectivity index (χ4v) is 5.09. The number of hydrogen-bond acceptors (Lipinski definition) is 6. The molecule has 1 aromatic heterocycles. The topological polar surface area (TPSA) is 123 Å². The Bertz CT molecular complexity index is 1210. The van der Waals surface area contributed by atoms with Gasteiger partial charge in [0.2, 0.25) is 10.0 Å². The highest BCUT2D eigenvalue weighted by molar-refractivity contribution is 7.89. The third-order valence-electron chi connectivity index (χ3n) is 5.43. The molecule has 1 aromatic carbocycles. The number of rotatable bonds is 8. The minimum Gasteiger partial charge on any atom is -0.385 e. The van der Waals surface area contributed by atoms with Crippen LogP contribution >= 0.6 is 0 Å². The standard InChI is InChI=1S/C19H24N4O5S/c1-4-22-16-7-6-14(10-15(16)17(24)23(5-2)18(22)25)29(26,27)21-19(12-20)11-13(19)8-9-28-3/h6-7,10,13,21H,4-5,8-9,11H2,1-3H3/t13-,19-/m1/s1. The Morgan fingerprint density at radius 3 is 2.55 bits per heavy atom. The highest BCUT2D eigenvalue weighted by atomic mass is 32.2. The lowest BCUT2D eigenvalue weighted by Crippen LogP contribution is -2.40. The number of aryl methyl sites for hydroxylation is 1. The van der Waals surface area contributed by atoms with Crippen LogP contribution in [0.3, 0.4) is 0 Å². The summed E-state index contributed by atoms with van der Waals surface area (Å²) in [6.45, 7) is 4.43. The van der Waals surface area contributed by atoms with Crippen LogP contribution in [-0.2, 0) is 27.8 Å². The minimum atomic E-state index is -4.03. The van der Waals surface area contributed by atoms with Crippen LogP contribution in [0.5, 0.6) is 0 Å². The normalized spacial score (nSPS) is 21.2. The molecule has 9 nitrogen and oxygen atoms in total. The zero-order valence-corrected chi connectivity index (χ0v) is 17.5. The molecule has 0 unspecified atom stereocenters. The SMILES string of the molecule is CCn1c(=O)c2cc(S(=O)(=O)N[C@@]3(C#N)C[C@H]3CCOC)ccc2n(CC)c1=O. The van der Waals surface area contributed by atoms with Gasteiger partial charge in [-0.25, -0.2) is 13.2 Å². The van der Waals surface area contributed by atoms with Crippen LogP contribution in [0.25, 0.3) is 10.9 Å². The zero-order valence-electron chi connectivity index (χ0n) is 16.6. The number of nitrogens with one attached hydrogen (secondary N) is 1. The largest absolute Gasteiger partial charge is 0.385 e. The van der Waals surface area contributed by atoms with E-state index in [4.69, 9.17) is 4.74 Å². The van der Waals surface area contributed by atoms with Crippen molar-refractivity contribution in [2.24, 2.45) is 5.92 Å². The molecule has 10 heteroatoms. The third kappa shape index (κ3) is 3.61. The fourth-order valence-electron chi connectivity index (χ4n) is 3.68. The van der Waals surface area contributed by atoms with E-state index in [1.54, 1.807) is 21.0 Å². The number of methoxy groups -OCH3 is 1. The summed E-state index contributed by atoms with van der Waals surface area (Å²) in [5, 5.41) is 9.66. The molecule has 3 rings (SSSR count). The monoisotopic (exact) mass is 420 g/mol. The molecule has 1 N–H and O–H groups in total. The lowest BCUT2D eigenvalue weighted by molar-refractivity contribution is 0.188. The highest BCUT2D eigenvalue weighted by Gasteiger charge is 2.57. The van der Waals surface area contributed by atoms with Crippen molar-refractivity contribution in [1.29, 1.82) is 5.26 Å². The fraction of sp³-hybridized carbons (Fsp3) is 0.526. The number of fused-ring (bicyclic) bond motifs is 1. The summed E-state index contributed by atoms with van der Waals surface area (Å²) in [5.41, 5.74) is -1.74. The summed E-state index contributed by atoms with van der Waals surface area (Å²) in [4.78, 5) is 25.1. The lowest BCUT2D eigenvalue weighted by atomic mass is 10.2. The Labute approximate surface area is 168 Å². The molecule has 0 spiro atoms. The molecular formula is C19H24N4O5S. The van der Waals surface area contributed by atoms with Crippen LogP contribution < -0.4 is 16.0 Å². The first-order valence-electron chi connectivity index (χ1n) is 9.46. The number of nitrogens with zero attached hydrogens (tertiary/aromatic N) is 3. The Balaban J connectivity index is 2.05. The summed E-state index contributed by atoms with van der Waals surface area (Å²) in [5.74, 6) is -0.120. The van der Waals surface area contributed by atoms with Gasteiger partial charge < -0.3 is 4.74 Å². The average molecular weight is 420 g/mol. The summed E-state index contributed by atoms with van der Waals surface area (Å²) in [6.07, 6.45) is 0.992. The highest BCUT2D eigenvalue weighted by Crippen LogP contribution is 2.46. The van der Waals surface area contributed by atoms with E-state index in [2.05, 4.69) is 10.8 Å². The molecule has 0 radical (unpaired) electrons. The van der Waals surface area contributed by atoms with Gasteiger partial charge in [-0.05, 0) is 50.8 Å². The van der Waals surface area contributed by atoms with E-state index in [1.165, 1.54) is 22.8 Å². The maximum Gasteiger partial charge on any atom is 0.331 e. The first-order chi connectivity index (χ1) is 13.7. The molecule has 29 heavy (non-hydrogen) atoms. The Kier molecular flexibility index (Phi) is 5.67.